The summed E-state index contributed by atoms with van der Waals surface area (Å²) in [5, 5.41) is 10.6. The molecule has 2 aromatic rings. The summed E-state index contributed by atoms with van der Waals surface area (Å²) in [7, 11) is 2.11. The molecule has 0 radical (unpaired) electrons. The minimum Gasteiger partial charge on any atom is -0.508 e. The van der Waals surface area contributed by atoms with Gasteiger partial charge in [0.2, 0.25) is 0 Å². The van der Waals surface area contributed by atoms with Crippen molar-refractivity contribution >= 4 is 11.0 Å². The molecule has 1 aromatic heterocycles. The number of benzene rings is 1. The quantitative estimate of drug-likeness (QED) is 0.736. The van der Waals surface area contributed by atoms with E-state index in [1.54, 1.807) is 6.07 Å². The van der Waals surface area contributed by atoms with Gasteiger partial charge in [0.1, 0.15) is 17.1 Å². The zero-order valence-electron chi connectivity index (χ0n) is 9.36. The number of furan rings is 1. The van der Waals surface area contributed by atoms with Crippen LogP contribution in [0, 0.1) is 0 Å². The second-order valence-corrected chi connectivity index (χ2v) is 4.53. The number of hydrogen-bond donors (Lipinski definition) is 1. The Morgan fingerprint density at radius 1 is 1.38 bits per heavy atom. The topological polar surface area (TPSA) is 36.6 Å². The smallest absolute Gasteiger partial charge is 0.134 e. The standard InChI is InChI=1S/C13H15NO2/c1-14-6-2-3-10-11-7-9(15)4-5-12(11)16-13(10)8-14/h4-5,7,15H,2-3,6,8H2,1H3. The van der Waals surface area contributed by atoms with E-state index in [0.717, 1.165) is 42.7 Å². The number of fused-ring (bicyclic) bond motifs is 3. The third-order valence-electron chi connectivity index (χ3n) is 3.24. The fraction of sp³-hybridized carbons (Fsp3) is 0.385. The van der Waals surface area contributed by atoms with Gasteiger partial charge in [0.05, 0.1) is 6.54 Å². The predicted molar refractivity (Wildman–Crippen MR) is 62.5 cm³/mol. The molecule has 1 aliphatic heterocycles. The first-order valence-corrected chi connectivity index (χ1v) is 5.66. The molecule has 0 saturated heterocycles. The van der Waals surface area contributed by atoms with E-state index in [1.807, 2.05) is 12.1 Å². The molecule has 0 bridgehead atoms. The first-order chi connectivity index (χ1) is 7.74. The van der Waals surface area contributed by atoms with E-state index in [9.17, 15) is 5.11 Å². The maximum atomic E-state index is 9.52. The largest absolute Gasteiger partial charge is 0.508 e. The van der Waals surface area contributed by atoms with Crippen molar-refractivity contribution in [3.8, 4) is 5.75 Å². The lowest BCUT2D eigenvalue weighted by Gasteiger charge is -2.10. The summed E-state index contributed by atoms with van der Waals surface area (Å²) in [5.41, 5.74) is 2.16. The van der Waals surface area contributed by atoms with E-state index in [4.69, 9.17) is 4.42 Å². The minimum absolute atomic E-state index is 0.314. The maximum Gasteiger partial charge on any atom is 0.134 e. The average molecular weight is 217 g/mol. The fourth-order valence-corrected chi connectivity index (χ4v) is 2.44. The van der Waals surface area contributed by atoms with Crippen LogP contribution in [-0.4, -0.2) is 23.6 Å². The summed E-state index contributed by atoms with van der Waals surface area (Å²) >= 11 is 0. The Morgan fingerprint density at radius 2 is 2.25 bits per heavy atom. The normalized spacial score (nSPS) is 17.3. The lowest BCUT2D eigenvalue weighted by molar-refractivity contribution is 0.307. The molecule has 0 aliphatic carbocycles. The summed E-state index contributed by atoms with van der Waals surface area (Å²) in [4.78, 5) is 2.27. The average Bonchev–Trinajstić information content (AvgIpc) is 2.46. The first kappa shape index (κ1) is 9.73. The Hall–Kier alpha value is -1.48. The van der Waals surface area contributed by atoms with E-state index in [0.29, 0.717) is 5.75 Å². The first-order valence-electron chi connectivity index (χ1n) is 5.66. The number of rotatable bonds is 0. The Morgan fingerprint density at radius 3 is 3.12 bits per heavy atom. The van der Waals surface area contributed by atoms with Crippen LogP contribution < -0.4 is 0 Å². The van der Waals surface area contributed by atoms with E-state index < -0.39 is 0 Å². The molecule has 1 N–H and O–H groups in total. The van der Waals surface area contributed by atoms with Crippen molar-refractivity contribution in [1.82, 2.24) is 4.90 Å². The van der Waals surface area contributed by atoms with Crippen LogP contribution in [0.4, 0.5) is 0 Å². The minimum atomic E-state index is 0.314. The van der Waals surface area contributed by atoms with Crippen molar-refractivity contribution in [1.29, 1.82) is 0 Å². The van der Waals surface area contributed by atoms with E-state index >= 15 is 0 Å². The molecule has 16 heavy (non-hydrogen) atoms. The number of hydrogen-bond acceptors (Lipinski definition) is 3. The Kier molecular flexibility index (Phi) is 2.14. The highest BCUT2D eigenvalue weighted by Gasteiger charge is 2.18. The van der Waals surface area contributed by atoms with Crippen LogP contribution in [0.25, 0.3) is 11.0 Å². The summed E-state index contributed by atoms with van der Waals surface area (Å²) < 4.78 is 5.84. The summed E-state index contributed by atoms with van der Waals surface area (Å²) in [6.07, 6.45) is 2.18. The number of phenolic OH excluding ortho intramolecular Hbond substituents is 1. The summed E-state index contributed by atoms with van der Waals surface area (Å²) in [5.74, 6) is 1.37. The highest BCUT2D eigenvalue weighted by molar-refractivity contribution is 5.83. The van der Waals surface area contributed by atoms with E-state index in [-0.39, 0.29) is 0 Å². The second-order valence-electron chi connectivity index (χ2n) is 4.53. The Balaban J connectivity index is 2.20. The molecule has 3 heteroatoms. The van der Waals surface area contributed by atoms with Crippen LogP contribution in [0.5, 0.6) is 5.75 Å². The van der Waals surface area contributed by atoms with Crippen molar-refractivity contribution in [2.45, 2.75) is 19.4 Å². The number of aromatic hydroxyl groups is 1. The predicted octanol–water partition coefficient (Wildman–Crippen LogP) is 2.52. The fourth-order valence-electron chi connectivity index (χ4n) is 2.44. The van der Waals surface area contributed by atoms with Crippen LogP contribution in [0.15, 0.2) is 22.6 Å². The van der Waals surface area contributed by atoms with Gasteiger partial charge in [-0.3, -0.25) is 4.90 Å². The molecule has 1 aliphatic rings. The van der Waals surface area contributed by atoms with Gasteiger partial charge < -0.3 is 9.52 Å². The third kappa shape index (κ3) is 1.48. The van der Waals surface area contributed by atoms with Crippen molar-refractivity contribution in [2.24, 2.45) is 0 Å². The van der Waals surface area contributed by atoms with Crippen molar-refractivity contribution in [3.63, 3.8) is 0 Å². The van der Waals surface area contributed by atoms with Crippen LogP contribution in [-0.2, 0) is 13.0 Å². The van der Waals surface area contributed by atoms with E-state index in [1.165, 1.54) is 5.56 Å². The molecule has 2 heterocycles. The van der Waals surface area contributed by atoms with Crippen molar-refractivity contribution in [3.05, 3.63) is 29.5 Å². The highest BCUT2D eigenvalue weighted by atomic mass is 16.3. The molecular weight excluding hydrogens is 202 g/mol. The van der Waals surface area contributed by atoms with Gasteiger partial charge in [0, 0.05) is 10.9 Å². The van der Waals surface area contributed by atoms with Crippen LogP contribution in [0.1, 0.15) is 17.7 Å². The maximum absolute atomic E-state index is 9.52. The van der Waals surface area contributed by atoms with Crippen LogP contribution in [0.3, 0.4) is 0 Å². The molecular formula is C13H15NO2. The van der Waals surface area contributed by atoms with E-state index in [2.05, 4.69) is 11.9 Å². The van der Waals surface area contributed by atoms with Gasteiger partial charge >= 0.3 is 0 Å². The van der Waals surface area contributed by atoms with Gasteiger partial charge in [-0.15, -0.1) is 0 Å². The molecule has 0 amide bonds. The molecule has 0 saturated carbocycles. The molecule has 0 unspecified atom stereocenters. The van der Waals surface area contributed by atoms with Gasteiger partial charge in [0.25, 0.3) is 0 Å². The van der Waals surface area contributed by atoms with Gasteiger partial charge in [-0.25, -0.2) is 0 Å². The molecule has 0 fully saturated rings. The molecule has 84 valence electrons. The van der Waals surface area contributed by atoms with Gasteiger partial charge in [-0.2, -0.15) is 0 Å². The third-order valence-corrected chi connectivity index (χ3v) is 3.24. The second kappa shape index (κ2) is 3.52. The van der Waals surface area contributed by atoms with Crippen LogP contribution in [0.2, 0.25) is 0 Å². The lowest BCUT2D eigenvalue weighted by Crippen LogP contribution is -2.16. The van der Waals surface area contributed by atoms with Crippen molar-refractivity contribution < 1.29 is 9.52 Å². The Bertz CT molecular complexity index is 530. The van der Waals surface area contributed by atoms with Crippen molar-refractivity contribution in [2.75, 3.05) is 13.6 Å². The molecule has 3 rings (SSSR count). The number of nitrogens with zero attached hydrogens (tertiary/aromatic N) is 1. The molecule has 0 atom stereocenters. The van der Waals surface area contributed by atoms with Gasteiger partial charge in [-0.1, -0.05) is 0 Å². The SMILES string of the molecule is CN1CCCc2c(oc3ccc(O)cc23)C1. The van der Waals surface area contributed by atoms with Crippen LogP contribution >= 0.6 is 0 Å². The molecule has 3 nitrogen and oxygen atoms in total. The zero-order chi connectivity index (χ0) is 11.1. The zero-order valence-corrected chi connectivity index (χ0v) is 9.36. The summed E-state index contributed by atoms with van der Waals surface area (Å²) in [6, 6.07) is 5.33. The monoisotopic (exact) mass is 217 g/mol. The van der Waals surface area contributed by atoms with Gasteiger partial charge in [0.15, 0.2) is 0 Å². The molecule has 1 aromatic carbocycles. The molecule has 0 spiro atoms. The Labute approximate surface area is 94.3 Å². The number of aryl methyl sites for hydroxylation is 1. The van der Waals surface area contributed by atoms with Gasteiger partial charge in [-0.05, 0) is 44.6 Å². The summed E-state index contributed by atoms with van der Waals surface area (Å²) in [6.45, 7) is 1.97. The lowest BCUT2D eigenvalue weighted by atomic mass is 10.1. The number of phenols is 1. The highest BCUT2D eigenvalue weighted by Crippen LogP contribution is 2.31.